The number of piperazine rings is 1. The highest BCUT2D eigenvalue weighted by atomic mass is 79.9. The third kappa shape index (κ3) is 4.59. The molecule has 0 N–H and O–H groups in total. The Kier molecular flexibility index (Phi) is 6.04. The molecule has 1 saturated heterocycles. The van der Waals surface area contributed by atoms with Gasteiger partial charge in [0.25, 0.3) is 5.91 Å². The highest BCUT2D eigenvalue weighted by Crippen LogP contribution is 2.29. The van der Waals surface area contributed by atoms with Crippen molar-refractivity contribution in [2.45, 2.75) is 0 Å². The minimum absolute atomic E-state index is 0.0190. The first-order valence-corrected chi connectivity index (χ1v) is 11.8. The summed E-state index contributed by atoms with van der Waals surface area (Å²) in [5.41, 5.74) is 3.99. The number of anilines is 1. The van der Waals surface area contributed by atoms with Crippen molar-refractivity contribution in [1.82, 2.24) is 9.88 Å². The van der Waals surface area contributed by atoms with Crippen LogP contribution in [0.4, 0.5) is 10.1 Å². The molecule has 0 unspecified atom stereocenters. The van der Waals surface area contributed by atoms with Gasteiger partial charge in [-0.2, -0.15) is 0 Å². The van der Waals surface area contributed by atoms with Gasteiger partial charge < -0.3 is 9.80 Å². The Labute approximate surface area is 204 Å². The normalized spacial score (nSPS) is 14.0. The molecule has 3 aromatic carbocycles. The van der Waals surface area contributed by atoms with E-state index in [1.165, 1.54) is 12.1 Å². The summed E-state index contributed by atoms with van der Waals surface area (Å²) in [4.78, 5) is 22.5. The van der Waals surface area contributed by atoms with Crippen LogP contribution in [0, 0.1) is 5.82 Å². The lowest BCUT2D eigenvalue weighted by molar-refractivity contribution is 0.0748. The molecule has 1 aliphatic rings. The molecule has 5 rings (SSSR count). The molecule has 33 heavy (non-hydrogen) atoms. The van der Waals surface area contributed by atoms with Crippen molar-refractivity contribution < 1.29 is 9.18 Å². The lowest BCUT2D eigenvalue weighted by Crippen LogP contribution is -2.48. The van der Waals surface area contributed by atoms with E-state index < -0.39 is 0 Å². The molecule has 0 radical (unpaired) electrons. The summed E-state index contributed by atoms with van der Waals surface area (Å²) in [6.07, 6.45) is 0. The number of benzene rings is 3. The SMILES string of the molecule is O=C(c1cc(-c2ccc(Cl)cc2)nc2ccc(Br)cc12)N1CCN(c2ccc(F)cc2)CC1. The average Bonchev–Trinajstić information content (AvgIpc) is 2.84. The lowest BCUT2D eigenvalue weighted by atomic mass is 10.0. The van der Waals surface area contributed by atoms with Crippen LogP contribution in [-0.2, 0) is 0 Å². The Morgan fingerprint density at radius 2 is 1.61 bits per heavy atom. The summed E-state index contributed by atoms with van der Waals surface area (Å²) in [5, 5.41) is 1.46. The molecule has 0 aliphatic carbocycles. The summed E-state index contributed by atoms with van der Waals surface area (Å²) in [6, 6.07) is 21.6. The highest BCUT2D eigenvalue weighted by molar-refractivity contribution is 9.10. The Morgan fingerprint density at radius 3 is 2.30 bits per heavy atom. The van der Waals surface area contributed by atoms with Crippen LogP contribution in [0.5, 0.6) is 0 Å². The van der Waals surface area contributed by atoms with E-state index in [1.54, 1.807) is 12.1 Å². The fraction of sp³-hybridized carbons (Fsp3) is 0.154. The molecule has 166 valence electrons. The van der Waals surface area contributed by atoms with Crippen molar-refractivity contribution in [3.05, 3.63) is 93.7 Å². The van der Waals surface area contributed by atoms with Crippen LogP contribution in [0.2, 0.25) is 5.02 Å². The van der Waals surface area contributed by atoms with Gasteiger partial charge in [-0.15, -0.1) is 0 Å². The topological polar surface area (TPSA) is 36.4 Å². The second-order valence-corrected chi connectivity index (χ2v) is 9.33. The van der Waals surface area contributed by atoms with Gasteiger partial charge in [0.1, 0.15) is 5.82 Å². The minimum atomic E-state index is -0.250. The van der Waals surface area contributed by atoms with E-state index in [2.05, 4.69) is 20.8 Å². The molecule has 4 aromatic rings. The molecule has 1 fully saturated rings. The van der Waals surface area contributed by atoms with Crippen LogP contribution in [0.3, 0.4) is 0 Å². The van der Waals surface area contributed by atoms with E-state index in [0.29, 0.717) is 36.8 Å². The smallest absolute Gasteiger partial charge is 0.254 e. The van der Waals surface area contributed by atoms with E-state index in [4.69, 9.17) is 16.6 Å². The third-order valence-electron chi connectivity index (χ3n) is 5.90. The van der Waals surface area contributed by atoms with Gasteiger partial charge in [-0.3, -0.25) is 4.79 Å². The standard InChI is InChI=1S/C26H20BrClFN3O/c27-18-3-10-24-22(15-18)23(16-25(30-24)17-1-4-19(28)5-2-17)26(33)32-13-11-31(12-14-32)21-8-6-20(29)7-9-21/h1-10,15-16H,11-14H2. The van der Waals surface area contributed by atoms with Gasteiger partial charge in [0, 0.05) is 52.3 Å². The van der Waals surface area contributed by atoms with Gasteiger partial charge in [0.15, 0.2) is 0 Å². The first-order valence-electron chi connectivity index (χ1n) is 10.6. The quantitative estimate of drug-likeness (QED) is 0.310. The summed E-state index contributed by atoms with van der Waals surface area (Å²) in [5.74, 6) is -0.269. The van der Waals surface area contributed by atoms with Crippen LogP contribution in [-0.4, -0.2) is 42.0 Å². The van der Waals surface area contributed by atoms with Crippen molar-refractivity contribution >= 4 is 50.0 Å². The molecule has 2 heterocycles. The maximum Gasteiger partial charge on any atom is 0.254 e. The number of aromatic nitrogens is 1. The van der Waals surface area contributed by atoms with Crippen LogP contribution in [0.1, 0.15) is 10.4 Å². The van der Waals surface area contributed by atoms with Gasteiger partial charge in [-0.05, 0) is 60.7 Å². The molecular formula is C26H20BrClFN3O. The van der Waals surface area contributed by atoms with Crippen molar-refractivity contribution in [2.24, 2.45) is 0 Å². The molecule has 0 saturated carbocycles. The predicted molar refractivity (Wildman–Crippen MR) is 134 cm³/mol. The first-order chi connectivity index (χ1) is 16.0. The number of hydrogen-bond donors (Lipinski definition) is 0. The Hall–Kier alpha value is -2.96. The number of carbonyl (C=O) groups excluding carboxylic acids is 1. The fourth-order valence-corrected chi connectivity index (χ4v) is 4.62. The predicted octanol–water partition coefficient (Wildman–Crippen LogP) is 6.42. The van der Waals surface area contributed by atoms with Crippen LogP contribution in [0.25, 0.3) is 22.2 Å². The van der Waals surface area contributed by atoms with Crippen LogP contribution >= 0.6 is 27.5 Å². The molecule has 0 spiro atoms. The summed E-state index contributed by atoms with van der Waals surface area (Å²) in [7, 11) is 0. The third-order valence-corrected chi connectivity index (χ3v) is 6.65. The molecule has 0 atom stereocenters. The van der Waals surface area contributed by atoms with Crippen molar-refractivity contribution in [1.29, 1.82) is 0 Å². The summed E-state index contributed by atoms with van der Waals surface area (Å²) >= 11 is 9.57. The van der Waals surface area contributed by atoms with Crippen LogP contribution in [0.15, 0.2) is 77.3 Å². The van der Waals surface area contributed by atoms with E-state index in [9.17, 15) is 9.18 Å². The zero-order valence-electron chi connectivity index (χ0n) is 17.6. The maximum absolute atomic E-state index is 13.6. The minimum Gasteiger partial charge on any atom is -0.368 e. The largest absolute Gasteiger partial charge is 0.368 e. The highest BCUT2D eigenvalue weighted by Gasteiger charge is 2.24. The number of halogens is 3. The maximum atomic E-state index is 13.6. The van der Waals surface area contributed by atoms with Crippen molar-refractivity contribution in [3.63, 3.8) is 0 Å². The molecule has 0 bridgehead atoms. The van der Waals surface area contributed by atoms with E-state index in [0.717, 1.165) is 32.3 Å². The number of nitrogens with zero attached hydrogens (tertiary/aromatic N) is 3. The zero-order chi connectivity index (χ0) is 22.9. The zero-order valence-corrected chi connectivity index (χ0v) is 20.0. The lowest BCUT2D eigenvalue weighted by Gasteiger charge is -2.36. The average molecular weight is 525 g/mol. The van der Waals surface area contributed by atoms with Crippen molar-refractivity contribution in [3.8, 4) is 11.3 Å². The van der Waals surface area contributed by atoms with Gasteiger partial charge in [0.05, 0.1) is 16.8 Å². The Morgan fingerprint density at radius 1 is 0.909 bits per heavy atom. The monoisotopic (exact) mass is 523 g/mol. The molecule has 1 aromatic heterocycles. The molecule has 7 heteroatoms. The van der Waals surface area contributed by atoms with Gasteiger partial charge in [-0.25, -0.2) is 9.37 Å². The number of rotatable bonds is 3. The van der Waals surface area contributed by atoms with E-state index >= 15 is 0 Å². The van der Waals surface area contributed by atoms with Crippen molar-refractivity contribution in [2.75, 3.05) is 31.1 Å². The Balaban J connectivity index is 1.45. The van der Waals surface area contributed by atoms with Gasteiger partial charge >= 0.3 is 0 Å². The number of fused-ring (bicyclic) bond motifs is 1. The van der Waals surface area contributed by atoms with E-state index in [-0.39, 0.29) is 11.7 Å². The van der Waals surface area contributed by atoms with Gasteiger partial charge in [-0.1, -0.05) is 39.7 Å². The number of hydrogen-bond acceptors (Lipinski definition) is 3. The number of carbonyl (C=O) groups is 1. The fourth-order valence-electron chi connectivity index (χ4n) is 4.13. The molecular weight excluding hydrogens is 505 g/mol. The van der Waals surface area contributed by atoms with Gasteiger partial charge in [0.2, 0.25) is 0 Å². The number of pyridine rings is 1. The van der Waals surface area contributed by atoms with E-state index in [1.807, 2.05) is 53.4 Å². The molecule has 1 aliphatic heterocycles. The Bertz CT molecular complexity index is 1320. The second kappa shape index (κ2) is 9.12. The summed E-state index contributed by atoms with van der Waals surface area (Å²) < 4.78 is 14.1. The molecule has 1 amide bonds. The van der Waals surface area contributed by atoms with Crippen LogP contribution < -0.4 is 4.90 Å². The second-order valence-electron chi connectivity index (χ2n) is 7.98. The first kappa shape index (κ1) is 21.9. The number of amides is 1. The summed E-state index contributed by atoms with van der Waals surface area (Å²) in [6.45, 7) is 2.55. The molecule has 4 nitrogen and oxygen atoms in total.